The minimum atomic E-state index is -0.0733. The van der Waals surface area contributed by atoms with Crippen molar-refractivity contribution in [1.29, 1.82) is 0 Å². The number of carbonyl (C=O) groups is 1. The summed E-state index contributed by atoms with van der Waals surface area (Å²) in [7, 11) is 0. The molecule has 1 saturated carbocycles. The van der Waals surface area contributed by atoms with Crippen molar-refractivity contribution in [2.24, 2.45) is 5.92 Å². The Labute approximate surface area is 110 Å². The third-order valence-corrected chi connectivity index (χ3v) is 4.44. The van der Waals surface area contributed by atoms with Gasteiger partial charge in [-0.3, -0.25) is 9.78 Å². The molecule has 1 fully saturated rings. The van der Waals surface area contributed by atoms with E-state index in [1.165, 1.54) is 25.7 Å². The number of amides is 1. The molecular weight excluding hydrogens is 280 g/mol. The molecule has 2 atom stereocenters. The van der Waals surface area contributed by atoms with Crippen molar-refractivity contribution in [3.8, 4) is 0 Å². The zero-order valence-electron chi connectivity index (χ0n) is 9.73. The van der Waals surface area contributed by atoms with Crippen molar-refractivity contribution in [3.05, 3.63) is 30.1 Å². The van der Waals surface area contributed by atoms with E-state index >= 15 is 0 Å². The molecule has 17 heavy (non-hydrogen) atoms. The Bertz CT molecular complexity index is 369. The lowest BCUT2D eigenvalue weighted by Gasteiger charge is -2.27. The van der Waals surface area contributed by atoms with Crippen LogP contribution in [0.25, 0.3) is 0 Å². The fourth-order valence-corrected chi connectivity index (χ4v) is 2.98. The van der Waals surface area contributed by atoms with Gasteiger partial charge in [-0.1, -0.05) is 34.8 Å². The van der Waals surface area contributed by atoms with Crippen LogP contribution in [0.15, 0.2) is 24.4 Å². The van der Waals surface area contributed by atoms with Crippen LogP contribution in [-0.2, 0) is 0 Å². The van der Waals surface area contributed by atoms with E-state index in [2.05, 4.69) is 26.2 Å². The van der Waals surface area contributed by atoms with Crippen molar-refractivity contribution >= 4 is 21.8 Å². The molecule has 1 aliphatic rings. The van der Waals surface area contributed by atoms with Gasteiger partial charge in [-0.05, 0) is 30.9 Å². The van der Waals surface area contributed by atoms with Gasteiger partial charge in [-0.2, -0.15) is 0 Å². The lowest BCUT2D eigenvalue weighted by atomic mass is 9.89. The Balaban J connectivity index is 1.84. The summed E-state index contributed by atoms with van der Waals surface area (Å²) in [5, 5.41) is 2.97. The van der Waals surface area contributed by atoms with E-state index in [9.17, 15) is 4.79 Å². The normalized spacial score (nSPS) is 24.3. The molecule has 1 heterocycles. The Morgan fingerprint density at radius 2 is 2.24 bits per heavy atom. The van der Waals surface area contributed by atoms with Gasteiger partial charge in [0.15, 0.2) is 0 Å². The summed E-state index contributed by atoms with van der Waals surface area (Å²) < 4.78 is 0. The molecule has 0 spiro atoms. The van der Waals surface area contributed by atoms with Gasteiger partial charge in [0.1, 0.15) is 5.69 Å². The molecule has 2 rings (SSSR count). The molecule has 0 aromatic carbocycles. The second-order valence-electron chi connectivity index (χ2n) is 4.49. The summed E-state index contributed by atoms with van der Waals surface area (Å²) in [6, 6.07) is 5.38. The first-order chi connectivity index (χ1) is 8.27. The minimum Gasteiger partial charge on any atom is -0.350 e. The summed E-state index contributed by atoms with van der Waals surface area (Å²) in [6.45, 7) is 0.741. The molecule has 1 amide bonds. The highest BCUT2D eigenvalue weighted by Crippen LogP contribution is 2.29. The summed E-state index contributed by atoms with van der Waals surface area (Å²) >= 11 is 3.69. The zero-order chi connectivity index (χ0) is 12.1. The first kappa shape index (κ1) is 12.6. The highest BCUT2D eigenvalue weighted by atomic mass is 79.9. The molecule has 1 aromatic rings. The van der Waals surface area contributed by atoms with Crippen molar-refractivity contribution in [3.63, 3.8) is 0 Å². The summed E-state index contributed by atoms with van der Waals surface area (Å²) in [6.07, 6.45) is 6.61. The monoisotopic (exact) mass is 296 g/mol. The molecule has 4 heteroatoms. The van der Waals surface area contributed by atoms with E-state index in [4.69, 9.17) is 0 Å². The van der Waals surface area contributed by atoms with Crippen LogP contribution < -0.4 is 5.32 Å². The molecule has 0 bridgehead atoms. The van der Waals surface area contributed by atoms with Crippen LogP contribution in [-0.4, -0.2) is 22.3 Å². The third kappa shape index (κ3) is 3.53. The van der Waals surface area contributed by atoms with Gasteiger partial charge in [0.05, 0.1) is 0 Å². The second kappa shape index (κ2) is 6.15. The largest absolute Gasteiger partial charge is 0.350 e. The molecule has 0 aliphatic heterocycles. The Morgan fingerprint density at radius 1 is 1.41 bits per heavy atom. The van der Waals surface area contributed by atoms with Crippen molar-refractivity contribution < 1.29 is 4.79 Å². The number of aromatic nitrogens is 1. The van der Waals surface area contributed by atoms with E-state index in [0.29, 0.717) is 16.4 Å². The van der Waals surface area contributed by atoms with Crippen LogP contribution in [0.5, 0.6) is 0 Å². The van der Waals surface area contributed by atoms with Crippen LogP contribution in [0.2, 0.25) is 0 Å². The van der Waals surface area contributed by atoms with Gasteiger partial charge in [-0.25, -0.2) is 0 Å². The topological polar surface area (TPSA) is 42.0 Å². The lowest BCUT2D eigenvalue weighted by Crippen LogP contribution is -2.34. The average molecular weight is 297 g/mol. The number of rotatable bonds is 3. The minimum absolute atomic E-state index is 0.0733. The van der Waals surface area contributed by atoms with E-state index in [1.807, 2.05) is 12.1 Å². The quantitative estimate of drug-likeness (QED) is 0.872. The number of nitrogens with zero attached hydrogens (tertiary/aromatic N) is 1. The summed E-state index contributed by atoms with van der Waals surface area (Å²) in [4.78, 5) is 16.4. The van der Waals surface area contributed by atoms with Crippen molar-refractivity contribution in [2.75, 3.05) is 6.54 Å². The first-order valence-electron chi connectivity index (χ1n) is 6.10. The van der Waals surface area contributed by atoms with E-state index < -0.39 is 0 Å². The van der Waals surface area contributed by atoms with Crippen molar-refractivity contribution in [1.82, 2.24) is 10.3 Å². The van der Waals surface area contributed by atoms with Gasteiger partial charge < -0.3 is 5.32 Å². The average Bonchev–Trinajstić information content (AvgIpc) is 2.38. The highest BCUT2D eigenvalue weighted by Gasteiger charge is 2.23. The number of carbonyl (C=O) groups excluding carboxylic acids is 1. The number of hydrogen-bond donors (Lipinski definition) is 1. The molecule has 0 radical (unpaired) electrons. The maximum atomic E-state index is 11.8. The first-order valence-corrected chi connectivity index (χ1v) is 7.02. The molecule has 2 unspecified atom stereocenters. The summed E-state index contributed by atoms with van der Waals surface area (Å²) in [5.74, 6) is 0.479. The van der Waals surface area contributed by atoms with Crippen LogP contribution in [0.3, 0.4) is 0 Å². The second-order valence-corrected chi connectivity index (χ2v) is 5.66. The standard InChI is InChI=1S/C13H17BrN2O/c14-11-6-2-1-5-10(11)9-16-13(17)12-7-3-4-8-15-12/h3-4,7-8,10-11H,1-2,5-6,9H2,(H,16,17). The van der Waals surface area contributed by atoms with Gasteiger partial charge >= 0.3 is 0 Å². The number of halogens is 1. The zero-order valence-corrected chi connectivity index (χ0v) is 11.3. The lowest BCUT2D eigenvalue weighted by molar-refractivity contribution is 0.0939. The van der Waals surface area contributed by atoms with Gasteiger partial charge in [0, 0.05) is 17.6 Å². The molecular formula is C13H17BrN2O. The summed E-state index contributed by atoms with van der Waals surface area (Å²) in [5.41, 5.74) is 0.495. The van der Waals surface area contributed by atoms with E-state index in [1.54, 1.807) is 12.3 Å². The Hall–Kier alpha value is -0.900. The molecule has 1 N–H and O–H groups in total. The van der Waals surface area contributed by atoms with E-state index in [0.717, 1.165) is 6.54 Å². The van der Waals surface area contributed by atoms with Crippen LogP contribution in [0, 0.1) is 5.92 Å². The number of hydrogen-bond acceptors (Lipinski definition) is 2. The smallest absolute Gasteiger partial charge is 0.269 e. The SMILES string of the molecule is O=C(NCC1CCCCC1Br)c1ccccn1. The van der Waals surface area contributed by atoms with Gasteiger partial charge in [0.25, 0.3) is 5.91 Å². The van der Waals surface area contributed by atoms with Crippen LogP contribution in [0.1, 0.15) is 36.2 Å². The fourth-order valence-electron chi connectivity index (χ4n) is 2.20. The Kier molecular flexibility index (Phi) is 4.54. The number of pyridine rings is 1. The number of alkyl halides is 1. The predicted octanol–water partition coefficient (Wildman–Crippen LogP) is 2.77. The Morgan fingerprint density at radius 3 is 2.94 bits per heavy atom. The van der Waals surface area contributed by atoms with Crippen LogP contribution >= 0.6 is 15.9 Å². The number of nitrogens with one attached hydrogen (secondary N) is 1. The van der Waals surface area contributed by atoms with Crippen molar-refractivity contribution in [2.45, 2.75) is 30.5 Å². The molecule has 92 valence electrons. The van der Waals surface area contributed by atoms with Gasteiger partial charge in [-0.15, -0.1) is 0 Å². The molecule has 3 nitrogen and oxygen atoms in total. The maximum Gasteiger partial charge on any atom is 0.269 e. The third-order valence-electron chi connectivity index (χ3n) is 3.24. The maximum absolute atomic E-state index is 11.8. The highest BCUT2D eigenvalue weighted by molar-refractivity contribution is 9.09. The molecule has 1 aromatic heterocycles. The molecule has 0 saturated heterocycles. The molecule has 1 aliphatic carbocycles. The predicted molar refractivity (Wildman–Crippen MR) is 71.2 cm³/mol. The fraction of sp³-hybridized carbons (Fsp3) is 0.538. The van der Waals surface area contributed by atoms with Gasteiger partial charge in [0.2, 0.25) is 0 Å². The van der Waals surface area contributed by atoms with E-state index in [-0.39, 0.29) is 5.91 Å². The van der Waals surface area contributed by atoms with Crippen LogP contribution in [0.4, 0.5) is 0 Å².